The maximum absolute atomic E-state index is 13.7. The molecule has 9 nitrogen and oxygen atoms in total. The number of hydrogen-bond donors (Lipinski definition) is 1. The number of hydrogen-bond acceptors (Lipinski definition) is 8. The Bertz CT molecular complexity index is 1870. The number of carbonyl (C=O) groups excluding carboxylic acids is 2. The maximum atomic E-state index is 13.7. The predicted molar refractivity (Wildman–Crippen MR) is 158 cm³/mol. The van der Waals surface area contributed by atoms with E-state index in [2.05, 4.69) is 4.98 Å². The number of amides is 1. The molecule has 4 heterocycles. The molecule has 1 amide bonds. The summed E-state index contributed by atoms with van der Waals surface area (Å²) in [5.41, 5.74) is 3.69. The molecule has 0 radical (unpaired) electrons. The standard InChI is InChI=1S/C31H28N4O5S/c1-5-14-40-21-10-6-9-19(15-21)26-24(27(36)25-18(3)34-13-7-8-17(2)29(34)33-25)28(37)30(38)35(26)31-32-22-12-11-20(39-4)16-23(22)41-31/h6-13,15-16,26,36H,5,14H2,1-4H3/b27-24+. The number of thiazole rings is 1. The van der Waals surface area contributed by atoms with E-state index in [0.29, 0.717) is 45.7 Å². The molecule has 1 aliphatic rings. The van der Waals surface area contributed by atoms with Crippen molar-refractivity contribution in [3.8, 4) is 11.5 Å². The van der Waals surface area contributed by atoms with Crippen LogP contribution in [0.4, 0.5) is 5.13 Å². The lowest BCUT2D eigenvalue weighted by Crippen LogP contribution is -2.29. The number of methoxy groups -OCH3 is 1. The minimum atomic E-state index is -0.951. The number of aryl methyl sites for hydroxylation is 2. The largest absolute Gasteiger partial charge is 0.505 e. The van der Waals surface area contributed by atoms with E-state index in [0.717, 1.165) is 16.7 Å². The molecule has 3 aromatic heterocycles. The van der Waals surface area contributed by atoms with E-state index in [1.165, 1.54) is 16.2 Å². The lowest BCUT2D eigenvalue weighted by molar-refractivity contribution is -0.132. The van der Waals surface area contributed by atoms with E-state index in [1.54, 1.807) is 25.3 Å². The van der Waals surface area contributed by atoms with Crippen molar-refractivity contribution in [2.24, 2.45) is 0 Å². The zero-order valence-corrected chi connectivity index (χ0v) is 23.9. The highest BCUT2D eigenvalue weighted by Gasteiger charge is 2.48. The fourth-order valence-electron chi connectivity index (χ4n) is 5.14. The normalized spacial score (nSPS) is 16.7. The summed E-state index contributed by atoms with van der Waals surface area (Å²) in [4.78, 5) is 38.2. The van der Waals surface area contributed by atoms with Crippen LogP contribution in [0.2, 0.25) is 0 Å². The van der Waals surface area contributed by atoms with E-state index in [-0.39, 0.29) is 17.0 Å². The molecule has 1 unspecified atom stereocenters. The molecule has 5 aromatic rings. The van der Waals surface area contributed by atoms with Crippen LogP contribution in [0.15, 0.2) is 66.4 Å². The number of nitrogens with zero attached hydrogens (tertiary/aromatic N) is 4. The van der Waals surface area contributed by atoms with Gasteiger partial charge in [0.15, 0.2) is 10.9 Å². The Morgan fingerprint density at radius 2 is 1.88 bits per heavy atom. The van der Waals surface area contributed by atoms with Gasteiger partial charge >= 0.3 is 5.91 Å². The molecule has 1 N–H and O–H groups in total. The van der Waals surface area contributed by atoms with Crippen molar-refractivity contribution in [2.45, 2.75) is 33.2 Å². The number of carbonyl (C=O) groups is 2. The highest BCUT2D eigenvalue weighted by Crippen LogP contribution is 2.45. The number of ether oxygens (including phenoxy) is 2. The molecule has 10 heteroatoms. The molecule has 0 bridgehead atoms. The predicted octanol–water partition coefficient (Wildman–Crippen LogP) is 5.98. The fraction of sp³-hybridized carbons (Fsp3) is 0.226. The second-order valence-corrected chi connectivity index (χ2v) is 10.9. The number of ketones is 1. The van der Waals surface area contributed by atoms with Crippen molar-refractivity contribution in [2.75, 3.05) is 18.6 Å². The van der Waals surface area contributed by atoms with Gasteiger partial charge in [0.2, 0.25) is 0 Å². The lowest BCUT2D eigenvalue weighted by Gasteiger charge is -2.23. The Labute approximate surface area is 240 Å². The molecule has 0 aliphatic carbocycles. The maximum Gasteiger partial charge on any atom is 0.301 e. The number of aliphatic hydroxyl groups is 1. The monoisotopic (exact) mass is 568 g/mol. The zero-order valence-electron chi connectivity index (χ0n) is 23.0. The molecule has 6 rings (SSSR count). The number of fused-ring (bicyclic) bond motifs is 2. The Morgan fingerprint density at radius 3 is 2.63 bits per heavy atom. The molecule has 1 atom stereocenters. The molecule has 1 fully saturated rings. The summed E-state index contributed by atoms with van der Waals surface area (Å²) in [6, 6.07) is 15.5. The van der Waals surface area contributed by atoms with Crippen LogP contribution < -0.4 is 14.4 Å². The van der Waals surface area contributed by atoms with Gasteiger partial charge in [-0.15, -0.1) is 0 Å². The smallest absolute Gasteiger partial charge is 0.301 e. The summed E-state index contributed by atoms with van der Waals surface area (Å²) in [6.45, 7) is 6.27. The average molecular weight is 569 g/mol. The Hall–Kier alpha value is -4.70. The van der Waals surface area contributed by atoms with Gasteiger partial charge in [0, 0.05) is 6.20 Å². The highest BCUT2D eigenvalue weighted by molar-refractivity contribution is 7.22. The van der Waals surface area contributed by atoms with Gasteiger partial charge in [0.1, 0.15) is 22.8 Å². The minimum absolute atomic E-state index is 0.0522. The second-order valence-electron chi connectivity index (χ2n) is 9.85. The fourth-order valence-corrected chi connectivity index (χ4v) is 6.16. The quantitative estimate of drug-likeness (QED) is 0.146. The zero-order chi connectivity index (χ0) is 28.8. The lowest BCUT2D eigenvalue weighted by atomic mass is 9.96. The number of rotatable bonds is 7. The summed E-state index contributed by atoms with van der Waals surface area (Å²) >= 11 is 1.27. The van der Waals surface area contributed by atoms with Crippen molar-refractivity contribution >= 4 is 49.8 Å². The molecular formula is C31H28N4O5S. The highest BCUT2D eigenvalue weighted by atomic mass is 32.1. The van der Waals surface area contributed by atoms with Crippen molar-refractivity contribution in [1.82, 2.24) is 14.4 Å². The van der Waals surface area contributed by atoms with Gasteiger partial charge < -0.3 is 19.0 Å². The van der Waals surface area contributed by atoms with Crippen LogP contribution in [0.3, 0.4) is 0 Å². The second kappa shape index (κ2) is 10.4. The van der Waals surface area contributed by atoms with E-state index < -0.39 is 17.7 Å². The van der Waals surface area contributed by atoms with Gasteiger partial charge in [-0.05, 0) is 67.8 Å². The van der Waals surface area contributed by atoms with Gasteiger partial charge in [-0.3, -0.25) is 14.5 Å². The summed E-state index contributed by atoms with van der Waals surface area (Å²) in [7, 11) is 1.58. The first kappa shape index (κ1) is 26.5. The van der Waals surface area contributed by atoms with E-state index in [9.17, 15) is 14.7 Å². The average Bonchev–Trinajstić information content (AvgIpc) is 3.63. The van der Waals surface area contributed by atoms with Crippen LogP contribution in [-0.2, 0) is 9.59 Å². The number of Topliss-reactive ketones (excluding diaryl/α,β-unsaturated/α-hetero) is 1. The molecule has 1 aliphatic heterocycles. The van der Waals surface area contributed by atoms with Gasteiger partial charge in [-0.2, -0.15) is 0 Å². The van der Waals surface area contributed by atoms with E-state index in [4.69, 9.17) is 14.5 Å². The minimum Gasteiger partial charge on any atom is -0.505 e. The Balaban J connectivity index is 1.57. The molecule has 0 saturated carbocycles. The first-order valence-corrected chi connectivity index (χ1v) is 14.1. The summed E-state index contributed by atoms with van der Waals surface area (Å²) in [6.07, 6.45) is 2.67. The number of benzene rings is 2. The molecule has 0 spiro atoms. The van der Waals surface area contributed by atoms with Crippen molar-refractivity contribution in [3.63, 3.8) is 0 Å². The topological polar surface area (TPSA) is 106 Å². The van der Waals surface area contributed by atoms with Crippen molar-refractivity contribution < 1.29 is 24.2 Å². The number of aromatic nitrogens is 3. The van der Waals surface area contributed by atoms with Crippen LogP contribution in [0.25, 0.3) is 21.6 Å². The summed E-state index contributed by atoms with van der Waals surface area (Å²) in [5.74, 6) is -0.662. The van der Waals surface area contributed by atoms with Crippen LogP contribution in [0, 0.1) is 13.8 Å². The Morgan fingerprint density at radius 1 is 1.05 bits per heavy atom. The molecule has 1 saturated heterocycles. The summed E-state index contributed by atoms with van der Waals surface area (Å²) in [5, 5.41) is 12.1. The van der Waals surface area contributed by atoms with Gasteiger partial charge in [-0.1, -0.05) is 36.5 Å². The van der Waals surface area contributed by atoms with Crippen molar-refractivity contribution in [3.05, 3.63) is 88.9 Å². The van der Waals surface area contributed by atoms with Gasteiger partial charge in [0.05, 0.1) is 41.2 Å². The van der Waals surface area contributed by atoms with Crippen LogP contribution in [0.1, 0.15) is 41.9 Å². The SMILES string of the molecule is CCCOc1cccc(C2/C(=C(\O)c3nc4c(C)cccn4c3C)C(=O)C(=O)N2c2nc3ccc(OC)cc3s2)c1. The molecular weight excluding hydrogens is 540 g/mol. The number of aliphatic hydroxyl groups excluding tert-OH is 1. The molecule has 2 aromatic carbocycles. The van der Waals surface area contributed by atoms with Crippen LogP contribution in [0.5, 0.6) is 11.5 Å². The van der Waals surface area contributed by atoms with E-state index in [1.807, 2.05) is 67.8 Å². The third kappa shape index (κ3) is 4.40. The third-order valence-electron chi connectivity index (χ3n) is 7.19. The van der Waals surface area contributed by atoms with E-state index >= 15 is 0 Å². The third-order valence-corrected chi connectivity index (χ3v) is 8.21. The first-order chi connectivity index (χ1) is 19.8. The van der Waals surface area contributed by atoms with Gasteiger partial charge in [-0.25, -0.2) is 9.97 Å². The first-order valence-electron chi connectivity index (χ1n) is 13.2. The number of imidazole rings is 1. The number of pyridine rings is 1. The summed E-state index contributed by atoms with van der Waals surface area (Å²) < 4.78 is 13.9. The van der Waals surface area contributed by atoms with Crippen LogP contribution >= 0.6 is 11.3 Å². The van der Waals surface area contributed by atoms with Crippen LogP contribution in [-0.4, -0.2) is 44.9 Å². The van der Waals surface area contributed by atoms with Gasteiger partial charge in [0.25, 0.3) is 5.78 Å². The van der Waals surface area contributed by atoms with Crippen molar-refractivity contribution in [1.29, 1.82) is 0 Å². The number of anilines is 1. The molecule has 208 valence electrons. The Kier molecular flexibility index (Phi) is 6.70. The molecule has 41 heavy (non-hydrogen) atoms.